The number of nitrogens with zero attached hydrogens (tertiary/aromatic N) is 3. The zero-order valence-electron chi connectivity index (χ0n) is 14.0. The summed E-state index contributed by atoms with van der Waals surface area (Å²) in [4.78, 5) is 43.8. The molecule has 2 aromatic heterocycles. The molecule has 4 rings (SSSR count). The molecule has 0 bridgehead atoms. The van der Waals surface area contributed by atoms with Gasteiger partial charge in [0.2, 0.25) is 0 Å². The van der Waals surface area contributed by atoms with Crippen LogP contribution in [0.2, 0.25) is 0 Å². The van der Waals surface area contributed by atoms with Crippen LogP contribution in [0.25, 0.3) is 4.96 Å². The molecule has 1 fully saturated rings. The third-order valence-electron chi connectivity index (χ3n) is 4.65. The minimum atomic E-state index is -1.08. The molecule has 0 spiro atoms. The average Bonchev–Trinajstić information content (AvgIpc) is 3.21. The Morgan fingerprint density at radius 1 is 1.19 bits per heavy atom. The summed E-state index contributed by atoms with van der Waals surface area (Å²) in [5.74, 6) is -0.329. The van der Waals surface area contributed by atoms with Crippen molar-refractivity contribution in [1.29, 1.82) is 0 Å². The zero-order chi connectivity index (χ0) is 18.3. The van der Waals surface area contributed by atoms with E-state index in [1.807, 2.05) is 37.3 Å². The molecule has 1 saturated heterocycles. The van der Waals surface area contributed by atoms with Crippen LogP contribution in [-0.4, -0.2) is 26.2 Å². The number of urea groups is 1. The van der Waals surface area contributed by atoms with Gasteiger partial charge in [0, 0.05) is 17.6 Å². The number of imide groups is 1. The van der Waals surface area contributed by atoms with Crippen molar-refractivity contribution in [2.24, 2.45) is 0 Å². The zero-order valence-corrected chi connectivity index (χ0v) is 14.8. The first-order valence-corrected chi connectivity index (χ1v) is 9.08. The number of amides is 3. The summed E-state index contributed by atoms with van der Waals surface area (Å²) in [6.45, 7) is 1.82. The first-order valence-electron chi connectivity index (χ1n) is 8.20. The second kappa shape index (κ2) is 6.06. The summed E-state index contributed by atoms with van der Waals surface area (Å²) in [6.07, 6.45) is 2.07. The molecule has 0 unspecified atom stereocenters. The van der Waals surface area contributed by atoms with E-state index in [-0.39, 0.29) is 18.0 Å². The van der Waals surface area contributed by atoms with Crippen LogP contribution in [0.5, 0.6) is 0 Å². The predicted molar refractivity (Wildman–Crippen MR) is 96.8 cm³/mol. The average molecular weight is 368 g/mol. The lowest BCUT2D eigenvalue weighted by molar-refractivity contribution is -0.132. The maximum atomic E-state index is 13.1. The van der Waals surface area contributed by atoms with Crippen molar-refractivity contribution in [3.8, 4) is 0 Å². The van der Waals surface area contributed by atoms with Gasteiger partial charge >= 0.3 is 6.03 Å². The van der Waals surface area contributed by atoms with Gasteiger partial charge in [0.25, 0.3) is 11.5 Å². The number of thiazole rings is 1. The fourth-order valence-corrected chi connectivity index (χ4v) is 4.00. The Morgan fingerprint density at radius 3 is 2.69 bits per heavy atom. The van der Waals surface area contributed by atoms with Crippen molar-refractivity contribution >= 4 is 28.2 Å². The van der Waals surface area contributed by atoms with Gasteiger partial charge in [-0.2, -0.15) is 0 Å². The lowest BCUT2D eigenvalue weighted by Gasteiger charge is -2.25. The van der Waals surface area contributed by atoms with Gasteiger partial charge in [-0.05, 0) is 12.0 Å². The van der Waals surface area contributed by atoms with Crippen LogP contribution in [0.3, 0.4) is 0 Å². The van der Waals surface area contributed by atoms with Gasteiger partial charge in [-0.15, -0.1) is 11.3 Å². The number of benzene rings is 1. The molecule has 7 nitrogen and oxygen atoms in total. The van der Waals surface area contributed by atoms with Crippen molar-refractivity contribution in [3.63, 3.8) is 0 Å². The number of carbonyl (C=O) groups excluding carboxylic acids is 2. The summed E-state index contributed by atoms with van der Waals surface area (Å²) >= 11 is 1.32. The Bertz CT molecular complexity index is 1060. The van der Waals surface area contributed by atoms with E-state index < -0.39 is 11.6 Å². The highest BCUT2D eigenvalue weighted by molar-refractivity contribution is 7.15. The maximum absolute atomic E-state index is 13.1. The van der Waals surface area contributed by atoms with Crippen LogP contribution >= 0.6 is 11.3 Å². The van der Waals surface area contributed by atoms with E-state index in [4.69, 9.17) is 0 Å². The third kappa shape index (κ3) is 2.41. The van der Waals surface area contributed by atoms with Crippen molar-refractivity contribution in [2.45, 2.75) is 25.4 Å². The molecule has 0 radical (unpaired) electrons. The fraction of sp³-hybridized carbons (Fsp3) is 0.222. The Hall–Kier alpha value is -3.00. The molecule has 1 aromatic carbocycles. The monoisotopic (exact) mass is 368 g/mol. The second-order valence-electron chi connectivity index (χ2n) is 6.09. The number of carbonyl (C=O) groups is 2. The van der Waals surface area contributed by atoms with Gasteiger partial charge < -0.3 is 5.32 Å². The lowest BCUT2D eigenvalue weighted by Crippen LogP contribution is -2.43. The fourth-order valence-electron chi connectivity index (χ4n) is 3.26. The Morgan fingerprint density at radius 2 is 1.96 bits per heavy atom. The van der Waals surface area contributed by atoms with Crippen molar-refractivity contribution in [3.05, 3.63) is 69.6 Å². The maximum Gasteiger partial charge on any atom is 0.325 e. The van der Waals surface area contributed by atoms with Gasteiger partial charge in [0.05, 0.1) is 12.2 Å². The van der Waals surface area contributed by atoms with Crippen LogP contribution in [-0.2, 0) is 16.9 Å². The largest absolute Gasteiger partial charge is 0.325 e. The van der Waals surface area contributed by atoms with E-state index in [0.29, 0.717) is 17.1 Å². The van der Waals surface area contributed by atoms with Crippen LogP contribution < -0.4 is 10.9 Å². The molecule has 132 valence electrons. The van der Waals surface area contributed by atoms with Crippen LogP contribution in [0.15, 0.2) is 52.8 Å². The molecule has 1 atom stereocenters. The highest BCUT2D eigenvalue weighted by atomic mass is 32.1. The van der Waals surface area contributed by atoms with Crippen LogP contribution in [0, 0.1) is 0 Å². The molecule has 1 aliphatic heterocycles. The summed E-state index contributed by atoms with van der Waals surface area (Å²) in [5.41, 5.74) is -0.186. The molecule has 3 amide bonds. The predicted octanol–water partition coefficient (Wildman–Crippen LogP) is 2.11. The molecule has 26 heavy (non-hydrogen) atoms. The molecular weight excluding hydrogens is 352 g/mol. The quantitative estimate of drug-likeness (QED) is 0.715. The number of aromatic nitrogens is 2. The van der Waals surface area contributed by atoms with E-state index >= 15 is 0 Å². The van der Waals surface area contributed by atoms with E-state index in [0.717, 1.165) is 10.5 Å². The summed E-state index contributed by atoms with van der Waals surface area (Å²) in [6, 6.07) is 10.1. The Balaban J connectivity index is 1.70. The molecule has 3 aromatic rings. The number of rotatable bonds is 4. The molecule has 8 heteroatoms. The molecule has 0 saturated carbocycles. The van der Waals surface area contributed by atoms with Crippen molar-refractivity contribution in [2.75, 3.05) is 0 Å². The van der Waals surface area contributed by atoms with E-state index in [1.54, 1.807) is 11.6 Å². The van der Waals surface area contributed by atoms with Gasteiger partial charge in [-0.25, -0.2) is 9.78 Å². The van der Waals surface area contributed by atoms with E-state index in [2.05, 4.69) is 10.3 Å². The number of fused-ring (bicyclic) bond motifs is 1. The van der Waals surface area contributed by atoms with Crippen molar-refractivity contribution < 1.29 is 9.59 Å². The normalized spacial score (nSPS) is 20.0. The standard InChI is InChI=1S/C18H16N4O3S/c1-2-18(12-6-4-3-5-7-12)15(24)22(16(25)20-18)11-13-10-14(23)21-8-9-26-17(21)19-13/h3-10H,2,11H2,1H3,(H,20,25)/t18-/m0/s1. The summed E-state index contributed by atoms with van der Waals surface area (Å²) in [7, 11) is 0. The number of hydrogen-bond donors (Lipinski definition) is 1. The van der Waals surface area contributed by atoms with E-state index in [9.17, 15) is 14.4 Å². The Kier molecular flexibility index (Phi) is 3.84. The lowest BCUT2D eigenvalue weighted by atomic mass is 9.87. The minimum absolute atomic E-state index is 0.0388. The SMILES string of the molecule is CC[C@@]1(c2ccccc2)NC(=O)N(Cc2cc(=O)n3ccsc3n2)C1=O. The first-order chi connectivity index (χ1) is 12.5. The summed E-state index contributed by atoms with van der Waals surface area (Å²) < 4.78 is 1.43. The highest BCUT2D eigenvalue weighted by Gasteiger charge is 2.51. The molecule has 3 heterocycles. The van der Waals surface area contributed by atoms with Gasteiger partial charge in [0.15, 0.2) is 4.96 Å². The third-order valence-corrected chi connectivity index (χ3v) is 5.41. The van der Waals surface area contributed by atoms with E-state index in [1.165, 1.54) is 21.8 Å². The summed E-state index contributed by atoms with van der Waals surface area (Å²) in [5, 5.41) is 4.59. The topological polar surface area (TPSA) is 83.8 Å². The molecular formula is C18H16N4O3S. The Labute approximate surface area is 152 Å². The molecule has 0 aliphatic carbocycles. The van der Waals surface area contributed by atoms with Gasteiger partial charge in [-0.3, -0.25) is 18.9 Å². The van der Waals surface area contributed by atoms with Gasteiger partial charge in [-0.1, -0.05) is 37.3 Å². The van der Waals surface area contributed by atoms with Gasteiger partial charge in [0.1, 0.15) is 5.54 Å². The van der Waals surface area contributed by atoms with Crippen LogP contribution in [0.1, 0.15) is 24.6 Å². The first kappa shape index (κ1) is 16.5. The smallest absolute Gasteiger partial charge is 0.319 e. The number of hydrogen-bond acceptors (Lipinski definition) is 5. The highest BCUT2D eigenvalue weighted by Crippen LogP contribution is 2.32. The number of nitrogens with one attached hydrogen (secondary N) is 1. The van der Waals surface area contributed by atoms with Crippen molar-refractivity contribution in [1.82, 2.24) is 19.6 Å². The molecule has 1 aliphatic rings. The second-order valence-corrected chi connectivity index (χ2v) is 6.96. The van der Waals surface area contributed by atoms with Crippen LogP contribution in [0.4, 0.5) is 4.79 Å². The minimum Gasteiger partial charge on any atom is -0.319 e. The molecule has 1 N–H and O–H groups in total.